The number of hydrogen-bond acceptors (Lipinski definition) is 7. The van der Waals surface area contributed by atoms with Crippen molar-refractivity contribution in [3.8, 4) is 0 Å². The lowest BCUT2D eigenvalue weighted by Crippen LogP contribution is -2.60. The van der Waals surface area contributed by atoms with Crippen LogP contribution in [0.1, 0.15) is 56.9 Å². The Hall–Kier alpha value is -2.73. The van der Waals surface area contributed by atoms with Gasteiger partial charge in [0.25, 0.3) is 0 Å². The van der Waals surface area contributed by atoms with Crippen LogP contribution in [0.5, 0.6) is 0 Å². The molecule has 2 aromatic rings. The maximum Gasteiger partial charge on any atom is 0.404 e. The molecule has 0 radical (unpaired) electrons. The predicted octanol–water partition coefficient (Wildman–Crippen LogP) is 5.01. The number of piperidine rings is 1. The molecule has 0 aromatic heterocycles. The van der Waals surface area contributed by atoms with Crippen molar-refractivity contribution in [3.63, 3.8) is 0 Å². The van der Waals surface area contributed by atoms with Gasteiger partial charge >= 0.3 is 6.09 Å². The van der Waals surface area contributed by atoms with Crippen molar-refractivity contribution in [3.05, 3.63) is 59.9 Å². The summed E-state index contributed by atoms with van der Waals surface area (Å²) in [5, 5.41) is 12.3. The van der Waals surface area contributed by atoms with E-state index in [0.717, 1.165) is 95.7 Å². The number of amides is 1. The largest absolute Gasteiger partial charge is 0.465 e. The zero-order valence-electron chi connectivity index (χ0n) is 27.9. The van der Waals surface area contributed by atoms with Gasteiger partial charge < -0.3 is 29.9 Å². The number of anilines is 1. The molecule has 0 spiro atoms. The summed E-state index contributed by atoms with van der Waals surface area (Å²) in [5.41, 5.74) is 1.80. The van der Waals surface area contributed by atoms with Crippen LogP contribution in [0.25, 0.3) is 0 Å². The van der Waals surface area contributed by atoms with Crippen LogP contribution in [0.15, 0.2) is 53.4 Å². The first-order chi connectivity index (χ1) is 23.2. The van der Waals surface area contributed by atoms with Crippen LogP contribution in [0.3, 0.4) is 0 Å². The number of carbonyl (C=O) groups is 1. The van der Waals surface area contributed by atoms with Gasteiger partial charge in [0.1, 0.15) is 5.82 Å². The normalized spacial score (nSPS) is 26.5. The fourth-order valence-electron chi connectivity index (χ4n) is 9.60. The number of sulfone groups is 1. The standard InChI is InChI=1S/C37H51FN4O5S/c38-30-5-1-4-29(22-30)37(26-41-16-3-17-41,34-6-2-7-35(34)39-36(43)44)28-12-18-40(19-13-28)23-27-24-42(25-27)31-8-10-32(11-9-31)48(45,46)33-14-20-47-21-15-33/h1,4-5,8-11,22,27-28,33-35,39H,2-3,6-7,12-21,23-26H2,(H,43,44)/t34-,35-,37?/m0/s1. The maximum absolute atomic E-state index is 14.9. The summed E-state index contributed by atoms with van der Waals surface area (Å²) in [5.74, 6) is 0.806. The van der Waals surface area contributed by atoms with Crippen molar-refractivity contribution in [1.82, 2.24) is 15.1 Å². The molecule has 7 rings (SSSR count). The number of nitrogens with one attached hydrogen (secondary N) is 1. The highest BCUT2D eigenvalue weighted by atomic mass is 32.2. The number of ether oxygens (including phenoxy) is 1. The molecule has 1 amide bonds. The lowest BCUT2D eigenvalue weighted by Gasteiger charge is -2.54. The van der Waals surface area contributed by atoms with Crippen molar-refractivity contribution in [1.29, 1.82) is 0 Å². The molecule has 9 nitrogen and oxygen atoms in total. The van der Waals surface area contributed by atoms with Gasteiger partial charge in [0.15, 0.2) is 9.84 Å². The highest BCUT2D eigenvalue weighted by molar-refractivity contribution is 7.92. The van der Waals surface area contributed by atoms with E-state index in [1.807, 2.05) is 18.2 Å². The van der Waals surface area contributed by atoms with Gasteiger partial charge in [-0.15, -0.1) is 0 Å². The van der Waals surface area contributed by atoms with Gasteiger partial charge in [-0.1, -0.05) is 18.6 Å². The summed E-state index contributed by atoms with van der Waals surface area (Å²) in [6.45, 7) is 8.89. The quantitative estimate of drug-likeness (QED) is 0.342. The maximum atomic E-state index is 14.9. The SMILES string of the molecule is O=C(O)N[C@H]1CCC[C@@H]1C(CN1CCC1)(c1cccc(F)c1)C1CCN(CC2CN(c3ccc(S(=O)(=O)C4CCOCC4)cc3)C2)CC1. The van der Waals surface area contributed by atoms with Crippen molar-refractivity contribution in [2.24, 2.45) is 17.8 Å². The van der Waals surface area contributed by atoms with Gasteiger partial charge in [0, 0.05) is 62.5 Å². The van der Waals surface area contributed by atoms with Crippen LogP contribution in [0, 0.1) is 23.6 Å². The molecule has 48 heavy (non-hydrogen) atoms. The summed E-state index contributed by atoms with van der Waals surface area (Å²) in [7, 11) is -3.33. The topological polar surface area (TPSA) is 102 Å². The third-order valence-electron chi connectivity index (χ3n) is 12.2. The molecule has 4 heterocycles. The summed E-state index contributed by atoms with van der Waals surface area (Å²) < 4.78 is 46.4. The van der Waals surface area contributed by atoms with E-state index in [1.54, 1.807) is 18.2 Å². The van der Waals surface area contributed by atoms with Crippen molar-refractivity contribution in [2.75, 3.05) is 70.5 Å². The molecule has 2 aromatic carbocycles. The Morgan fingerprint density at radius 3 is 2.29 bits per heavy atom. The third-order valence-corrected chi connectivity index (χ3v) is 14.5. The van der Waals surface area contributed by atoms with E-state index in [4.69, 9.17) is 4.74 Å². The number of likely N-dealkylation sites (tertiary alicyclic amines) is 2. The zero-order chi connectivity index (χ0) is 33.3. The Labute approximate surface area is 284 Å². The Morgan fingerprint density at radius 1 is 0.917 bits per heavy atom. The molecule has 11 heteroatoms. The third kappa shape index (κ3) is 6.85. The minimum Gasteiger partial charge on any atom is -0.465 e. The van der Waals surface area contributed by atoms with Crippen molar-refractivity contribution in [2.45, 2.75) is 73.0 Å². The van der Waals surface area contributed by atoms with Crippen molar-refractivity contribution >= 4 is 21.6 Å². The highest BCUT2D eigenvalue weighted by Gasteiger charge is 2.53. The molecule has 5 aliphatic rings. The van der Waals surface area contributed by atoms with Gasteiger partial charge in [-0.05, 0) is 125 Å². The van der Waals surface area contributed by atoms with E-state index >= 15 is 0 Å². The lowest BCUT2D eigenvalue weighted by molar-refractivity contribution is 0.0226. The molecule has 4 aliphatic heterocycles. The Morgan fingerprint density at radius 2 is 1.65 bits per heavy atom. The number of benzene rings is 2. The van der Waals surface area contributed by atoms with E-state index in [-0.39, 0.29) is 28.4 Å². The van der Waals surface area contributed by atoms with Gasteiger partial charge in [-0.3, -0.25) is 0 Å². The van der Waals surface area contributed by atoms with E-state index in [1.165, 1.54) is 12.5 Å². The molecule has 4 saturated heterocycles. The summed E-state index contributed by atoms with van der Waals surface area (Å²) >= 11 is 0. The summed E-state index contributed by atoms with van der Waals surface area (Å²) in [6, 6.07) is 14.5. The first-order valence-electron chi connectivity index (χ1n) is 18.1. The van der Waals surface area contributed by atoms with Crippen molar-refractivity contribution < 1.29 is 27.4 Å². The number of hydrogen-bond donors (Lipinski definition) is 2. The molecule has 1 aliphatic carbocycles. The number of halogens is 1. The van der Waals surface area contributed by atoms with Crippen LogP contribution in [-0.2, 0) is 20.0 Å². The summed E-state index contributed by atoms with van der Waals surface area (Å²) in [4.78, 5) is 19.7. The second kappa shape index (κ2) is 14.2. The van der Waals surface area contributed by atoms with Gasteiger partial charge in [-0.2, -0.15) is 0 Å². The second-order valence-corrected chi connectivity index (χ2v) is 17.2. The predicted molar refractivity (Wildman–Crippen MR) is 184 cm³/mol. The molecular weight excluding hydrogens is 631 g/mol. The fourth-order valence-corrected chi connectivity index (χ4v) is 11.3. The van der Waals surface area contributed by atoms with E-state index in [0.29, 0.717) is 42.8 Å². The van der Waals surface area contributed by atoms with Crippen LogP contribution in [0.4, 0.5) is 14.9 Å². The Kier molecular flexibility index (Phi) is 10.0. The van der Waals surface area contributed by atoms with Crippen LogP contribution in [-0.4, -0.2) is 106 Å². The Bertz CT molecular complexity index is 1520. The molecule has 5 fully saturated rings. The molecule has 3 atom stereocenters. The number of nitrogens with zero attached hydrogens (tertiary/aromatic N) is 3. The molecule has 1 saturated carbocycles. The summed E-state index contributed by atoms with van der Waals surface area (Å²) in [6.07, 6.45) is 6.12. The smallest absolute Gasteiger partial charge is 0.404 e. The van der Waals surface area contributed by atoms with Gasteiger partial charge in [-0.25, -0.2) is 17.6 Å². The molecule has 262 valence electrons. The minimum absolute atomic E-state index is 0.123. The molecular formula is C37H51FN4O5S. The van der Waals surface area contributed by atoms with Crippen LogP contribution >= 0.6 is 0 Å². The average molecular weight is 683 g/mol. The fraction of sp³-hybridized carbons (Fsp3) is 0.649. The first-order valence-corrected chi connectivity index (χ1v) is 19.6. The second-order valence-electron chi connectivity index (χ2n) is 15.0. The molecule has 1 unspecified atom stereocenters. The molecule has 0 bridgehead atoms. The Balaban J connectivity index is 0.998. The minimum atomic E-state index is -3.33. The van der Waals surface area contributed by atoms with Crippen LogP contribution in [0.2, 0.25) is 0 Å². The number of carboxylic acid groups (broad SMARTS) is 1. The molecule has 2 N–H and O–H groups in total. The van der Waals surface area contributed by atoms with E-state index < -0.39 is 15.9 Å². The van der Waals surface area contributed by atoms with E-state index in [2.05, 4.69) is 26.1 Å². The average Bonchev–Trinajstić information content (AvgIpc) is 3.51. The van der Waals surface area contributed by atoms with E-state index in [9.17, 15) is 22.7 Å². The first kappa shape index (κ1) is 33.8. The van der Waals surface area contributed by atoms with Gasteiger partial charge in [0.05, 0.1) is 10.1 Å². The lowest BCUT2D eigenvalue weighted by atomic mass is 9.57. The monoisotopic (exact) mass is 682 g/mol. The highest BCUT2D eigenvalue weighted by Crippen LogP contribution is 2.51. The number of rotatable bonds is 11. The van der Waals surface area contributed by atoms with Crippen LogP contribution < -0.4 is 10.2 Å². The van der Waals surface area contributed by atoms with Gasteiger partial charge in [0.2, 0.25) is 0 Å². The zero-order valence-corrected chi connectivity index (χ0v) is 28.8.